The van der Waals surface area contributed by atoms with Crippen LogP contribution in [0.15, 0.2) is 40.8 Å². The number of nitrogens with zero attached hydrogens (tertiary/aromatic N) is 1. The van der Waals surface area contributed by atoms with Gasteiger partial charge in [0.2, 0.25) is 0 Å². The van der Waals surface area contributed by atoms with Gasteiger partial charge in [-0.15, -0.1) is 11.3 Å². The first-order chi connectivity index (χ1) is 14.3. The van der Waals surface area contributed by atoms with Crippen LogP contribution in [0.4, 0.5) is 5.00 Å². The van der Waals surface area contributed by atoms with Crippen LogP contribution in [0, 0.1) is 22.7 Å². The summed E-state index contributed by atoms with van der Waals surface area (Å²) in [5, 5.41) is 13.8. The van der Waals surface area contributed by atoms with Crippen molar-refractivity contribution in [1.29, 1.82) is 5.26 Å². The number of fused-ring (bicyclic) bond motifs is 1. The van der Waals surface area contributed by atoms with E-state index in [0.717, 1.165) is 30.4 Å². The lowest BCUT2D eigenvalue weighted by Gasteiger charge is -2.33. The monoisotopic (exact) mass is 438 g/mol. The Morgan fingerprint density at radius 2 is 2.10 bits per heavy atom. The molecule has 1 amide bonds. The van der Waals surface area contributed by atoms with Crippen molar-refractivity contribution in [1.82, 2.24) is 0 Å². The number of furan rings is 1. The molecule has 0 saturated heterocycles. The summed E-state index contributed by atoms with van der Waals surface area (Å²) in [6, 6.07) is 13.0. The second kappa shape index (κ2) is 7.94. The summed E-state index contributed by atoms with van der Waals surface area (Å²) in [6.45, 7) is 6.79. The van der Waals surface area contributed by atoms with Gasteiger partial charge in [-0.3, -0.25) is 4.79 Å². The van der Waals surface area contributed by atoms with Crippen LogP contribution in [0.1, 0.15) is 53.8 Å². The second-order valence-electron chi connectivity index (χ2n) is 8.75. The minimum Gasteiger partial charge on any atom is -0.451 e. The Hall–Kier alpha value is -2.55. The molecule has 4 nitrogen and oxygen atoms in total. The van der Waals surface area contributed by atoms with E-state index in [2.05, 4.69) is 32.2 Å². The summed E-state index contributed by atoms with van der Waals surface area (Å²) in [7, 11) is 0. The lowest BCUT2D eigenvalue weighted by Crippen LogP contribution is -2.26. The van der Waals surface area contributed by atoms with Gasteiger partial charge >= 0.3 is 0 Å². The van der Waals surface area contributed by atoms with Crippen molar-refractivity contribution in [2.75, 3.05) is 5.32 Å². The van der Waals surface area contributed by atoms with Gasteiger partial charge in [0.25, 0.3) is 5.91 Å². The number of amides is 1. The third-order valence-electron chi connectivity index (χ3n) is 5.77. The number of halogens is 1. The molecule has 1 atom stereocenters. The predicted octanol–water partition coefficient (Wildman–Crippen LogP) is 6.94. The van der Waals surface area contributed by atoms with Crippen molar-refractivity contribution in [3.8, 4) is 17.4 Å². The third kappa shape index (κ3) is 4.03. The average molecular weight is 439 g/mol. The van der Waals surface area contributed by atoms with Crippen molar-refractivity contribution in [2.24, 2.45) is 11.3 Å². The van der Waals surface area contributed by atoms with Gasteiger partial charge in [-0.2, -0.15) is 5.26 Å². The molecule has 6 heteroatoms. The fourth-order valence-electron chi connectivity index (χ4n) is 3.95. The Balaban J connectivity index is 1.56. The van der Waals surface area contributed by atoms with Gasteiger partial charge < -0.3 is 9.73 Å². The topological polar surface area (TPSA) is 66.0 Å². The molecule has 1 aliphatic rings. The Kier molecular flexibility index (Phi) is 5.48. The quantitative estimate of drug-likeness (QED) is 0.481. The molecule has 1 unspecified atom stereocenters. The van der Waals surface area contributed by atoms with Crippen LogP contribution in [0.25, 0.3) is 11.3 Å². The predicted molar refractivity (Wildman–Crippen MR) is 121 cm³/mol. The van der Waals surface area contributed by atoms with Gasteiger partial charge in [0, 0.05) is 15.5 Å². The maximum Gasteiger partial charge on any atom is 0.292 e. The molecule has 0 saturated carbocycles. The van der Waals surface area contributed by atoms with Crippen LogP contribution >= 0.6 is 22.9 Å². The van der Waals surface area contributed by atoms with Gasteiger partial charge in [0.05, 0.1) is 5.56 Å². The number of benzene rings is 1. The fraction of sp³-hybridized carbons (Fsp3) is 0.333. The van der Waals surface area contributed by atoms with Crippen LogP contribution in [-0.4, -0.2) is 5.91 Å². The van der Waals surface area contributed by atoms with E-state index >= 15 is 0 Å². The largest absolute Gasteiger partial charge is 0.451 e. The standard InChI is InChI=1S/C24H23ClN2O2S/c1-24(2,3)15-7-8-17-18(13-26)23(30-21(17)12-15)27-22(28)20-10-9-19(29-20)14-5-4-6-16(25)11-14/h4-6,9-11,15H,7-8,12H2,1-3H3,(H,27,28). The summed E-state index contributed by atoms with van der Waals surface area (Å²) in [5.41, 5.74) is 2.72. The maximum atomic E-state index is 12.8. The SMILES string of the molecule is CC(C)(C)C1CCc2c(sc(NC(=O)c3ccc(-c4cccc(Cl)c4)o3)c2C#N)C1. The molecule has 1 aromatic carbocycles. The number of carbonyl (C=O) groups excluding carboxylic acids is 1. The molecule has 2 heterocycles. The van der Waals surface area contributed by atoms with Crippen LogP contribution < -0.4 is 5.32 Å². The first-order valence-corrected chi connectivity index (χ1v) is 11.2. The highest BCUT2D eigenvalue weighted by Gasteiger charge is 2.32. The molecule has 2 aromatic heterocycles. The minimum atomic E-state index is -0.356. The molecular weight excluding hydrogens is 416 g/mol. The lowest BCUT2D eigenvalue weighted by atomic mass is 9.72. The number of rotatable bonds is 3. The molecule has 4 rings (SSSR count). The van der Waals surface area contributed by atoms with Crippen molar-refractivity contribution in [3.05, 3.63) is 63.2 Å². The molecule has 0 spiro atoms. The number of anilines is 1. The van der Waals surface area contributed by atoms with E-state index in [-0.39, 0.29) is 17.1 Å². The van der Waals surface area contributed by atoms with Crippen LogP contribution in [0.5, 0.6) is 0 Å². The number of nitriles is 1. The molecule has 3 aromatic rings. The third-order valence-corrected chi connectivity index (χ3v) is 7.17. The van der Waals surface area contributed by atoms with Crippen LogP contribution in [0.2, 0.25) is 5.02 Å². The van der Waals surface area contributed by atoms with E-state index in [1.165, 1.54) is 16.2 Å². The average Bonchev–Trinajstić information content (AvgIpc) is 3.31. The molecule has 0 fully saturated rings. The number of nitrogens with one attached hydrogen (secondary N) is 1. The Morgan fingerprint density at radius 3 is 2.80 bits per heavy atom. The Labute approximate surface area is 185 Å². The zero-order valence-electron chi connectivity index (χ0n) is 17.2. The molecule has 0 aliphatic heterocycles. The molecule has 1 aliphatic carbocycles. The first-order valence-electron chi connectivity index (χ1n) is 9.98. The zero-order valence-corrected chi connectivity index (χ0v) is 18.8. The van der Waals surface area contributed by atoms with E-state index in [9.17, 15) is 10.1 Å². The normalized spacial score (nSPS) is 16.0. The van der Waals surface area contributed by atoms with E-state index in [1.54, 1.807) is 24.3 Å². The lowest BCUT2D eigenvalue weighted by molar-refractivity contribution is 0.0998. The highest BCUT2D eigenvalue weighted by atomic mass is 35.5. The highest BCUT2D eigenvalue weighted by Crippen LogP contribution is 2.44. The first kappa shape index (κ1) is 20.7. The number of thiophene rings is 1. The molecular formula is C24H23ClN2O2S. The molecule has 1 N–H and O–H groups in total. The van der Waals surface area contributed by atoms with Crippen LogP contribution in [-0.2, 0) is 12.8 Å². The van der Waals surface area contributed by atoms with Crippen molar-refractivity contribution < 1.29 is 9.21 Å². The molecule has 30 heavy (non-hydrogen) atoms. The van der Waals surface area contributed by atoms with Gasteiger partial charge in [0.15, 0.2) is 5.76 Å². The second-order valence-corrected chi connectivity index (χ2v) is 10.3. The summed E-state index contributed by atoms with van der Waals surface area (Å²) < 4.78 is 5.75. The van der Waals surface area contributed by atoms with Gasteiger partial charge in [-0.1, -0.05) is 44.5 Å². The Bertz CT molecular complexity index is 1150. The van der Waals surface area contributed by atoms with Crippen molar-refractivity contribution in [2.45, 2.75) is 40.0 Å². The van der Waals surface area contributed by atoms with Crippen LogP contribution in [0.3, 0.4) is 0 Å². The summed E-state index contributed by atoms with van der Waals surface area (Å²) in [4.78, 5) is 14.0. The minimum absolute atomic E-state index is 0.202. The number of carbonyl (C=O) groups is 1. The molecule has 154 valence electrons. The molecule has 0 bridgehead atoms. The van der Waals surface area contributed by atoms with Crippen molar-refractivity contribution >= 4 is 33.8 Å². The van der Waals surface area contributed by atoms with E-state index in [4.69, 9.17) is 16.0 Å². The highest BCUT2D eigenvalue weighted by molar-refractivity contribution is 7.16. The van der Waals surface area contributed by atoms with E-state index in [0.29, 0.717) is 27.3 Å². The number of hydrogen-bond donors (Lipinski definition) is 1. The van der Waals surface area contributed by atoms with Crippen molar-refractivity contribution in [3.63, 3.8) is 0 Å². The zero-order chi connectivity index (χ0) is 21.5. The van der Waals surface area contributed by atoms with Gasteiger partial charge in [0.1, 0.15) is 16.8 Å². The fourth-order valence-corrected chi connectivity index (χ4v) is 5.42. The smallest absolute Gasteiger partial charge is 0.292 e. The molecule has 0 radical (unpaired) electrons. The van der Waals surface area contributed by atoms with Gasteiger partial charge in [-0.25, -0.2) is 0 Å². The van der Waals surface area contributed by atoms with E-state index < -0.39 is 0 Å². The van der Waals surface area contributed by atoms with Gasteiger partial charge in [-0.05, 0) is 60.4 Å². The summed E-state index contributed by atoms with van der Waals surface area (Å²) in [6.07, 6.45) is 2.90. The summed E-state index contributed by atoms with van der Waals surface area (Å²) >= 11 is 7.56. The van der Waals surface area contributed by atoms with E-state index in [1.807, 2.05) is 12.1 Å². The summed E-state index contributed by atoms with van der Waals surface area (Å²) in [5.74, 6) is 0.990. The maximum absolute atomic E-state index is 12.8. The Morgan fingerprint density at radius 1 is 1.30 bits per heavy atom. The number of hydrogen-bond acceptors (Lipinski definition) is 4.